The van der Waals surface area contributed by atoms with Gasteiger partial charge in [0.1, 0.15) is 11.9 Å². The van der Waals surface area contributed by atoms with Crippen LogP contribution in [0.25, 0.3) is 0 Å². The molecule has 0 aliphatic heterocycles. The minimum atomic E-state index is -1.76. The first-order valence-electron chi connectivity index (χ1n) is 10.5. The molecule has 3 fully saturated rings. The van der Waals surface area contributed by atoms with Crippen molar-refractivity contribution in [2.75, 3.05) is 0 Å². The summed E-state index contributed by atoms with van der Waals surface area (Å²) in [5.41, 5.74) is 1.37. The van der Waals surface area contributed by atoms with Gasteiger partial charge in [-0.25, -0.2) is 0 Å². The van der Waals surface area contributed by atoms with E-state index in [1.807, 2.05) is 6.08 Å². The van der Waals surface area contributed by atoms with Crippen LogP contribution >= 0.6 is 0 Å². The molecule has 0 aromatic heterocycles. The lowest BCUT2D eigenvalue weighted by atomic mass is 9.47. The predicted octanol–water partition coefficient (Wildman–Crippen LogP) is 4.92. The zero-order valence-electron chi connectivity index (χ0n) is 17.1. The molecule has 0 saturated heterocycles. The first-order valence-corrected chi connectivity index (χ1v) is 13.9. The van der Waals surface area contributed by atoms with Crippen LogP contribution < -0.4 is 0 Å². The van der Waals surface area contributed by atoms with Gasteiger partial charge in [-0.05, 0) is 87.4 Å². The van der Waals surface area contributed by atoms with Crippen LogP contribution in [-0.4, -0.2) is 26.0 Å². The van der Waals surface area contributed by atoms with Gasteiger partial charge in [0.25, 0.3) is 0 Å². The van der Waals surface area contributed by atoms with Crippen molar-refractivity contribution in [1.29, 1.82) is 0 Å². The summed E-state index contributed by atoms with van der Waals surface area (Å²) in [6, 6.07) is 0. The maximum absolute atomic E-state index is 12.7. The van der Waals surface area contributed by atoms with E-state index >= 15 is 0 Å². The number of carbonyl (C=O) groups is 2. The molecule has 0 unspecified atom stereocenters. The largest absolute Gasteiger partial charge is 0.407 e. The summed E-state index contributed by atoms with van der Waals surface area (Å²) in [5, 5.41) is 0. The van der Waals surface area contributed by atoms with E-state index in [2.05, 4.69) is 33.5 Å². The Morgan fingerprint density at radius 2 is 1.69 bits per heavy atom. The van der Waals surface area contributed by atoms with Crippen molar-refractivity contribution in [2.45, 2.75) is 84.5 Å². The number of rotatable bonds is 2. The molecule has 0 amide bonds. The predicted molar refractivity (Wildman–Crippen MR) is 105 cm³/mol. The number of ketones is 2. The highest BCUT2D eigenvalue weighted by atomic mass is 28.4. The molecule has 3 saturated carbocycles. The van der Waals surface area contributed by atoms with Crippen LogP contribution in [0.2, 0.25) is 19.6 Å². The zero-order valence-corrected chi connectivity index (χ0v) is 18.1. The average Bonchev–Trinajstić information content (AvgIpc) is 2.83. The van der Waals surface area contributed by atoms with Crippen molar-refractivity contribution in [2.24, 2.45) is 28.6 Å². The molecular weight excluding hydrogens is 340 g/mol. The number of allylic oxidation sites excluding steroid dienone is 1. The van der Waals surface area contributed by atoms with E-state index in [0.29, 0.717) is 23.5 Å². The van der Waals surface area contributed by atoms with Crippen molar-refractivity contribution < 1.29 is 14.0 Å². The molecular formula is C22H34O3Si. The van der Waals surface area contributed by atoms with Crippen LogP contribution in [0.3, 0.4) is 0 Å². The number of Topliss-reactive ketones (excluding diaryl/α,β-unsaturated/α-hetero) is 1. The van der Waals surface area contributed by atoms with E-state index < -0.39 is 8.32 Å². The smallest absolute Gasteiger partial charge is 0.184 e. The van der Waals surface area contributed by atoms with Gasteiger partial charge in [0.15, 0.2) is 14.1 Å². The number of hydrogen-bond acceptors (Lipinski definition) is 3. The van der Waals surface area contributed by atoms with Gasteiger partial charge in [0.05, 0.1) is 0 Å². The first kappa shape index (κ1) is 18.6. The third-order valence-corrected chi connectivity index (χ3v) is 9.18. The molecule has 0 spiro atoms. The van der Waals surface area contributed by atoms with Crippen molar-refractivity contribution in [3.8, 4) is 0 Å². The highest BCUT2D eigenvalue weighted by Crippen LogP contribution is 2.64. The molecule has 6 atom stereocenters. The van der Waals surface area contributed by atoms with Gasteiger partial charge < -0.3 is 4.43 Å². The number of carbonyl (C=O) groups excluding carboxylic acids is 2. The van der Waals surface area contributed by atoms with Crippen LogP contribution in [-0.2, 0) is 14.0 Å². The summed E-state index contributed by atoms with van der Waals surface area (Å²) in [6.45, 7) is 11.1. The second-order valence-electron chi connectivity index (χ2n) is 10.7. The zero-order chi connectivity index (χ0) is 18.9. The summed E-state index contributed by atoms with van der Waals surface area (Å²) in [5.74, 6) is 2.50. The molecule has 0 aromatic carbocycles. The third kappa shape index (κ3) is 2.71. The summed E-state index contributed by atoms with van der Waals surface area (Å²) in [6.07, 6.45) is 8.75. The van der Waals surface area contributed by atoms with E-state index in [0.717, 1.165) is 44.9 Å². The van der Waals surface area contributed by atoms with E-state index in [-0.39, 0.29) is 22.7 Å². The molecule has 4 heteroatoms. The molecule has 26 heavy (non-hydrogen) atoms. The Kier molecular flexibility index (Phi) is 4.21. The van der Waals surface area contributed by atoms with Crippen LogP contribution in [0.1, 0.15) is 58.8 Å². The Morgan fingerprint density at radius 3 is 2.38 bits per heavy atom. The Morgan fingerprint density at radius 1 is 1.00 bits per heavy atom. The molecule has 0 heterocycles. The van der Waals surface area contributed by atoms with Crippen molar-refractivity contribution >= 4 is 19.9 Å². The molecule has 0 aromatic rings. The van der Waals surface area contributed by atoms with Crippen LogP contribution in [0, 0.1) is 28.6 Å². The van der Waals surface area contributed by atoms with E-state index in [1.165, 1.54) is 5.57 Å². The highest BCUT2D eigenvalue weighted by Gasteiger charge is 2.59. The van der Waals surface area contributed by atoms with E-state index in [4.69, 9.17) is 4.43 Å². The Labute approximate surface area is 159 Å². The highest BCUT2D eigenvalue weighted by molar-refractivity contribution is 6.69. The molecule has 0 radical (unpaired) electrons. The molecule has 4 aliphatic carbocycles. The van der Waals surface area contributed by atoms with Crippen LogP contribution in [0.5, 0.6) is 0 Å². The van der Waals surface area contributed by atoms with Gasteiger partial charge in [-0.3, -0.25) is 9.59 Å². The Bertz CT molecular complexity index is 675. The van der Waals surface area contributed by atoms with Gasteiger partial charge in [0.2, 0.25) is 0 Å². The fraction of sp³-hybridized carbons (Fsp3) is 0.818. The van der Waals surface area contributed by atoms with Gasteiger partial charge in [-0.2, -0.15) is 0 Å². The van der Waals surface area contributed by atoms with Crippen molar-refractivity contribution in [3.63, 3.8) is 0 Å². The average molecular weight is 375 g/mol. The minimum absolute atomic E-state index is 0.0720. The second-order valence-corrected chi connectivity index (χ2v) is 15.2. The lowest BCUT2D eigenvalue weighted by molar-refractivity contribution is -0.134. The van der Waals surface area contributed by atoms with Crippen LogP contribution in [0.15, 0.2) is 11.6 Å². The van der Waals surface area contributed by atoms with Gasteiger partial charge in [0, 0.05) is 11.8 Å². The lowest BCUT2D eigenvalue weighted by Crippen LogP contribution is -2.53. The van der Waals surface area contributed by atoms with Crippen molar-refractivity contribution in [1.82, 2.24) is 0 Å². The standard InChI is InChI=1S/C22H34O3Si/c1-21-11-10-17-15(16(21)8-9-20(21)24)7-6-14-12-18(23)19(13-22(14,17)2)25-26(3,4)5/h12,15-17,19H,6-11,13H2,1-5H3/t15-,16-,17-,19-,21-,22-/m0/s1. The summed E-state index contributed by atoms with van der Waals surface area (Å²) < 4.78 is 6.30. The molecule has 0 bridgehead atoms. The summed E-state index contributed by atoms with van der Waals surface area (Å²) in [7, 11) is -1.76. The molecule has 3 nitrogen and oxygen atoms in total. The third-order valence-electron chi connectivity index (χ3n) is 8.18. The quantitative estimate of drug-likeness (QED) is 0.645. The number of fused-ring (bicyclic) bond motifs is 5. The maximum Gasteiger partial charge on any atom is 0.184 e. The molecule has 144 valence electrons. The van der Waals surface area contributed by atoms with E-state index in [1.54, 1.807) is 0 Å². The topological polar surface area (TPSA) is 43.4 Å². The van der Waals surface area contributed by atoms with Gasteiger partial charge in [-0.15, -0.1) is 0 Å². The lowest BCUT2D eigenvalue weighted by Gasteiger charge is -2.57. The van der Waals surface area contributed by atoms with Gasteiger partial charge >= 0.3 is 0 Å². The molecule has 0 N–H and O–H groups in total. The SMILES string of the molecule is C[C@]12C[C@H](O[Si](C)(C)C)C(=O)C=C1CC[C@@H]1[C@@H]2CC[C@]2(C)C(=O)CC[C@@H]12. The molecule has 4 rings (SSSR count). The van der Waals surface area contributed by atoms with Crippen molar-refractivity contribution in [3.05, 3.63) is 11.6 Å². The summed E-state index contributed by atoms with van der Waals surface area (Å²) in [4.78, 5) is 25.2. The fourth-order valence-corrected chi connectivity index (χ4v) is 7.95. The second kappa shape index (κ2) is 5.87. The fourth-order valence-electron chi connectivity index (χ4n) is 6.89. The first-order chi connectivity index (χ1) is 12.0. The Balaban J connectivity index is 1.65. The van der Waals surface area contributed by atoms with E-state index in [9.17, 15) is 9.59 Å². The normalized spacial score (nSPS) is 45.7. The molecule has 4 aliphatic rings. The summed E-state index contributed by atoms with van der Waals surface area (Å²) >= 11 is 0. The number of hydrogen-bond donors (Lipinski definition) is 0. The minimum Gasteiger partial charge on any atom is -0.407 e. The van der Waals surface area contributed by atoms with Crippen LogP contribution in [0.4, 0.5) is 0 Å². The maximum atomic E-state index is 12.7. The van der Waals surface area contributed by atoms with Gasteiger partial charge in [-0.1, -0.05) is 19.4 Å². The Hall–Kier alpha value is -0.743. The monoisotopic (exact) mass is 374 g/mol.